The summed E-state index contributed by atoms with van der Waals surface area (Å²) in [6.07, 6.45) is 0. The lowest BCUT2D eigenvalue weighted by atomic mass is 10.3. The van der Waals surface area contributed by atoms with Crippen molar-refractivity contribution in [3.05, 3.63) is 16.1 Å². The highest BCUT2D eigenvalue weighted by Crippen LogP contribution is 2.35. The lowest BCUT2D eigenvalue weighted by Gasteiger charge is -2.10. The Kier molecular flexibility index (Phi) is 5.03. The van der Waals surface area contributed by atoms with Crippen LogP contribution in [-0.2, 0) is 10.0 Å². The first-order valence-electron chi connectivity index (χ1n) is 5.76. The molecule has 0 aliphatic carbocycles. The van der Waals surface area contributed by atoms with Gasteiger partial charge in [0.05, 0.1) is 33.2 Å². The number of nitrogens with one attached hydrogen (secondary N) is 2. The van der Waals surface area contributed by atoms with Gasteiger partial charge in [-0.1, -0.05) is 30.1 Å². The second-order valence-electron chi connectivity index (χ2n) is 3.95. The van der Waals surface area contributed by atoms with Gasteiger partial charge < -0.3 is 5.32 Å². The summed E-state index contributed by atoms with van der Waals surface area (Å²) >= 11 is 13.0. The molecule has 0 aliphatic rings. The Morgan fingerprint density at radius 2 is 1.95 bits per heavy atom. The maximum absolute atomic E-state index is 12.0. The molecule has 2 rings (SSSR count). The molecule has 0 saturated carbocycles. The van der Waals surface area contributed by atoms with Crippen LogP contribution in [0.2, 0.25) is 10.0 Å². The molecule has 110 valence electrons. The van der Waals surface area contributed by atoms with E-state index in [1.54, 1.807) is 0 Å². The summed E-state index contributed by atoms with van der Waals surface area (Å²) in [7, 11) is -3.51. The van der Waals surface area contributed by atoms with E-state index in [2.05, 4.69) is 18.8 Å². The van der Waals surface area contributed by atoms with Crippen LogP contribution in [0, 0.1) is 0 Å². The van der Waals surface area contributed by atoms with Gasteiger partial charge in [0.2, 0.25) is 10.0 Å². The molecule has 1 aromatic carbocycles. The fourth-order valence-electron chi connectivity index (χ4n) is 1.56. The molecular formula is C10H12Cl2N4O2S2. The van der Waals surface area contributed by atoms with Crippen LogP contribution in [0.5, 0.6) is 0 Å². The zero-order chi connectivity index (χ0) is 14.8. The number of hydrogen-bond acceptors (Lipinski definition) is 6. The summed E-state index contributed by atoms with van der Waals surface area (Å²) in [5, 5.41) is 3.49. The van der Waals surface area contributed by atoms with E-state index in [0.717, 1.165) is 11.7 Å². The Hall–Kier alpha value is -0.670. The number of benzene rings is 1. The Balaban J connectivity index is 2.32. The minimum Gasteiger partial charge on any atom is -0.316 e. The van der Waals surface area contributed by atoms with Crippen molar-refractivity contribution in [3.63, 3.8) is 0 Å². The van der Waals surface area contributed by atoms with Gasteiger partial charge in [-0.15, -0.1) is 0 Å². The van der Waals surface area contributed by atoms with Crippen LogP contribution in [0.25, 0.3) is 11.0 Å². The molecule has 1 aromatic heterocycles. The average molecular weight is 355 g/mol. The molecule has 10 heteroatoms. The number of rotatable bonds is 6. The van der Waals surface area contributed by atoms with Crippen LogP contribution < -0.4 is 10.0 Å². The monoisotopic (exact) mass is 354 g/mol. The van der Waals surface area contributed by atoms with Gasteiger partial charge in [-0.25, -0.2) is 8.42 Å². The average Bonchev–Trinajstić information content (AvgIpc) is 2.84. The fourth-order valence-corrected chi connectivity index (χ4v) is 3.81. The molecule has 0 bridgehead atoms. The molecule has 6 nitrogen and oxygen atoms in total. The molecule has 0 atom stereocenters. The van der Waals surface area contributed by atoms with Crippen molar-refractivity contribution < 1.29 is 8.42 Å². The largest absolute Gasteiger partial charge is 0.316 e. The molecule has 0 spiro atoms. The standard InChI is InChI=1S/C10H12Cl2N4O2S2/c1-2-13-3-4-20(17,18)16-9-7(12)5-6(11)8-10(9)15-19-14-8/h5,13,16H,2-4H2,1H3. The molecule has 1 heterocycles. The highest BCUT2D eigenvalue weighted by Gasteiger charge is 2.18. The van der Waals surface area contributed by atoms with E-state index >= 15 is 0 Å². The van der Waals surface area contributed by atoms with Crippen LogP contribution >= 0.6 is 34.9 Å². The summed E-state index contributed by atoms with van der Waals surface area (Å²) in [5.41, 5.74) is 1.02. The first-order valence-corrected chi connectivity index (χ1v) is 8.90. The molecule has 0 amide bonds. The van der Waals surface area contributed by atoms with Crippen molar-refractivity contribution in [3.8, 4) is 0 Å². The molecular weight excluding hydrogens is 343 g/mol. The summed E-state index contributed by atoms with van der Waals surface area (Å²) in [6, 6.07) is 1.45. The van der Waals surface area contributed by atoms with Crippen LogP contribution in [0.15, 0.2) is 6.07 Å². The first-order chi connectivity index (χ1) is 9.44. The molecule has 0 aliphatic heterocycles. The Bertz CT molecular complexity index is 717. The van der Waals surface area contributed by atoms with Crippen LogP contribution in [0.3, 0.4) is 0 Å². The maximum Gasteiger partial charge on any atom is 0.234 e. The summed E-state index contributed by atoms with van der Waals surface area (Å²) in [4.78, 5) is 0. The molecule has 2 aromatic rings. The molecule has 2 N–H and O–H groups in total. The van der Waals surface area contributed by atoms with Crippen molar-refractivity contribution in [2.75, 3.05) is 23.6 Å². The Morgan fingerprint density at radius 3 is 2.65 bits per heavy atom. The first kappa shape index (κ1) is 15.7. The van der Waals surface area contributed by atoms with Crippen molar-refractivity contribution in [1.82, 2.24) is 14.1 Å². The number of anilines is 1. The third kappa shape index (κ3) is 3.50. The molecule has 20 heavy (non-hydrogen) atoms. The van der Waals surface area contributed by atoms with E-state index in [-0.39, 0.29) is 16.5 Å². The second-order valence-corrected chi connectivity index (χ2v) is 7.14. The van der Waals surface area contributed by atoms with E-state index in [9.17, 15) is 8.42 Å². The van der Waals surface area contributed by atoms with Gasteiger partial charge in [-0.2, -0.15) is 8.75 Å². The number of nitrogens with zero attached hydrogens (tertiary/aromatic N) is 2. The van der Waals surface area contributed by atoms with Gasteiger partial charge in [0.25, 0.3) is 0 Å². The van der Waals surface area contributed by atoms with E-state index in [0.29, 0.717) is 29.1 Å². The summed E-state index contributed by atoms with van der Waals surface area (Å²) in [5.74, 6) is -0.0567. The predicted octanol–water partition coefficient (Wildman–Crippen LogP) is 2.35. The minimum atomic E-state index is -3.51. The molecule has 0 saturated heterocycles. The zero-order valence-electron chi connectivity index (χ0n) is 10.5. The SMILES string of the molecule is CCNCCS(=O)(=O)Nc1c(Cl)cc(Cl)c2nsnc12. The van der Waals surface area contributed by atoms with Gasteiger partial charge in [0.15, 0.2) is 0 Å². The van der Waals surface area contributed by atoms with Gasteiger partial charge in [0, 0.05) is 6.54 Å². The molecule has 0 fully saturated rings. The van der Waals surface area contributed by atoms with E-state index in [4.69, 9.17) is 23.2 Å². The number of sulfonamides is 1. The number of fused-ring (bicyclic) bond motifs is 1. The highest BCUT2D eigenvalue weighted by atomic mass is 35.5. The molecule has 0 unspecified atom stereocenters. The van der Waals surface area contributed by atoms with E-state index in [1.165, 1.54) is 6.07 Å². The van der Waals surface area contributed by atoms with Crippen LogP contribution in [0.4, 0.5) is 5.69 Å². The Morgan fingerprint density at radius 1 is 1.25 bits per heavy atom. The van der Waals surface area contributed by atoms with Crippen LogP contribution in [-0.4, -0.2) is 36.0 Å². The highest BCUT2D eigenvalue weighted by molar-refractivity contribution is 7.92. The van der Waals surface area contributed by atoms with Crippen molar-refractivity contribution in [2.24, 2.45) is 0 Å². The third-order valence-electron chi connectivity index (χ3n) is 2.50. The predicted molar refractivity (Wildman–Crippen MR) is 83.4 cm³/mol. The van der Waals surface area contributed by atoms with Crippen molar-refractivity contribution in [2.45, 2.75) is 6.92 Å². The summed E-state index contributed by atoms with van der Waals surface area (Å²) < 4.78 is 34.5. The van der Waals surface area contributed by atoms with Gasteiger partial charge in [-0.05, 0) is 12.6 Å². The lowest BCUT2D eigenvalue weighted by Crippen LogP contribution is -2.26. The van der Waals surface area contributed by atoms with Gasteiger partial charge in [0.1, 0.15) is 11.0 Å². The van der Waals surface area contributed by atoms with Crippen molar-refractivity contribution in [1.29, 1.82) is 0 Å². The Labute approximate surface area is 130 Å². The van der Waals surface area contributed by atoms with Crippen LogP contribution in [0.1, 0.15) is 6.92 Å². The smallest absolute Gasteiger partial charge is 0.234 e. The number of halogens is 2. The van der Waals surface area contributed by atoms with Gasteiger partial charge in [-0.3, -0.25) is 4.72 Å². The minimum absolute atomic E-state index is 0.0567. The lowest BCUT2D eigenvalue weighted by molar-refractivity contribution is 0.597. The maximum atomic E-state index is 12.0. The number of hydrogen-bond donors (Lipinski definition) is 2. The number of aromatic nitrogens is 2. The second kappa shape index (κ2) is 6.40. The van der Waals surface area contributed by atoms with Gasteiger partial charge >= 0.3 is 0 Å². The molecule has 0 radical (unpaired) electrons. The topological polar surface area (TPSA) is 84.0 Å². The van der Waals surface area contributed by atoms with E-state index < -0.39 is 10.0 Å². The quantitative estimate of drug-likeness (QED) is 0.777. The third-order valence-corrected chi connectivity index (χ3v) is 4.87. The summed E-state index contributed by atoms with van der Waals surface area (Å²) in [6.45, 7) is 2.97. The van der Waals surface area contributed by atoms with E-state index in [1.807, 2.05) is 6.92 Å². The fraction of sp³-hybridized carbons (Fsp3) is 0.400. The normalized spacial score (nSPS) is 11.9. The van der Waals surface area contributed by atoms with Crippen molar-refractivity contribution >= 4 is 61.7 Å². The zero-order valence-corrected chi connectivity index (χ0v) is 13.6.